The number of rotatable bonds is 3. The number of carbonyl (C=O) groups excluding carboxylic acids is 1. The predicted molar refractivity (Wildman–Crippen MR) is 63.6 cm³/mol. The Morgan fingerprint density at radius 2 is 2.00 bits per heavy atom. The molecule has 0 atom stereocenters. The molecule has 15 heavy (non-hydrogen) atoms. The average molecular weight is 206 g/mol. The summed E-state index contributed by atoms with van der Waals surface area (Å²) in [5.74, 6) is 1.56. The standard InChI is InChI=1S/C12H18N2O/c1-3-8-14-12(13-2)11-6-4-10(9-15)5-7-11/h3,8-11H,1,4-7H2,2H3. The van der Waals surface area contributed by atoms with Gasteiger partial charge in [0.15, 0.2) is 0 Å². The Kier molecular flexibility index (Phi) is 4.95. The fourth-order valence-electron chi connectivity index (χ4n) is 1.99. The second-order valence-corrected chi connectivity index (χ2v) is 3.84. The highest BCUT2D eigenvalue weighted by atomic mass is 16.1. The van der Waals surface area contributed by atoms with Crippen LogP contribution >= 0.6 is 0 Å². The molecule has 0 spiro atoms. The maximum absolute atomic E-state index is 10.6. The van der Waals surface area contributed by atoms with E-state index in [0.29, 0.717) is 5.92 Å². The lowest BCUT2D eigenvalue weighted by atomic mass is 9.82. The number of aliphatic imine (C=N–C) groups is 2. The van der Waals surface area contributed by atoms with Crippen molar-refractivity contribution in [3.63, 3.8) is 0 Å². The lowest BCUT2D eigenvalue weighted by Crippen LogP contribution is -2.21. The number of aldehydes is 1. The van der Waals surface area contributed by atoms with Crippen LogP contribution in [0.4, 0.5) is 0 Å². The normalized spacial score (nSPS) is 27.9. The summed E-state index contributed by atoms with van der Waals surface area (Å²) in [7, 11) is 1.77. The van der Waals surface area contributed by atoms with Crippen LogP contribution in [0.25, 0.3) is 0 Å². The van der Waals surface area contributed by atoms with Gasteiger partial charge in [-0.05, 0) is 25.7 Å². The first kappa shape index (κ1) is 11.8. The van der Waals surface area contributed by atoms with Crippen molar-refractivity contribution in [2.75, 3.05) is 7.05 Å². The van der Waals surface area contributed by atoms with Crippen LogP contribution in [0.15, 0.2) is 22.6 Å². The highest BCUT2D eigenvalue weighted by Crippen LogP contribution is 2.28. The summed E-state index contributed by atoms with van der Waals surface area (Å²) in [6.07, 6.45) is 8.38. The van der Waals surface area contributed by atoms with Crippen molar-refractivity contribution in [3.05, 3.63) is 12.7 Å². The SMILES string of the molecule is C=CC=NC(=NC)C1CCC(C=O)CC1. The molecule has 3 nitrogen and oxygen atoms in total. The zero-order valence-corrected chi connectivity index (χ0v) is 9.22. The van der Waals surface area contributed by atoms with Crippen LogP contribution in [0.2, 0.25) is 0 Å². The van der Waals surface area contributed by atoms with Crippen molar-refractivity contribution < 1.29 is 4.79 Å². The first-order valence-electron chi connectivity index (χ1n) is 5.38. The molecule has 0 saturated heterocycles. The van der Waals surface area contributed by atoms with E-state index in [0.717, 1.165) is 37.8 Å². The largest absolute Gasteiger partial charge is 0.303 e. The zero-order valence-electron chi connectivity index (χ0n) is 9.22. The second kappa shape index (κ2) is 6.27. The van der Waals surface area contributed by atoms with Crippen LogP contribution in [0.3, 0.4) is 0 Å². The summed E-state index contributed by atoms with van der Waals surface area (Å²) in [6, 6.07) is 0. The highest BCUT2D eigenvalue weighted by molar-refractivity contribution is 5.93. The average Bonchev–Trinajstić information content (AvgIpc) is 2.31. The minimum Gasteiger partial charge on any atom is -0.303 e. The molecule has 1 fully saturated rings. The van der Waals surface area contributed by atoms with Crippen LogP contribution < -0.4 is 0 Å². The number of hydrogen-bond donors (Lipinski definition) is 0. The van der Waals surface area contributed by atoms with Crippen LogP contribution in [0.1, 0.15) is 25.7 Å². The quantitative estimate of drug-likeness (QED) is 0.397. The smallest absolute Gasteiger partial charge is 0.126 e. The maximum atomic E-state index is 10.6. The molecule has 0 amide bonds. The van der Waals surface area contributed by atoms with E-state index in [9.17, 15) is 4.79 Å². The number of hydrogen-bond acceptors (Lipinski definition) is 2. The van der Waals surface area contributed by atoms with Crippen molar-refractivity contribution in [2.24, 2.45) is 21.8 Å². The van der Waals surface area contributed by atoms with Gasteiger partial charge in [0.1, 0.15) is 12.1 Å². The zero-order chi connectivity index (χ0) is 11.1. The van der Waals surface area contributed by atoms with Gasteiger partial charge in [-0.2, -0.15) is 0 Å². The Balaban J connectivity index is 2.54. The molecular weight excluding hydrogens is 188 g/mol. The molecule has 0 aromatic heterocycles. The fraction of sp³-hybridized carbons (Fsp3) is 0.583. The van der Waals surface area contributed by atoms with Crippen molar-refractivity contribution in [3.8, 4) is 0 Å². The number of allylic oxidation sites excluding steroid dienone is 1. The van der Waals surface area contributed by atoms with E-state index in [1.54, 1.807) is 19.3 Å². The summed E-state index contributed by atoms with van der Waals surface area (Å²) in [6.45, 7) is 3.59. The highest BCUT2D eigenvalue weighted by Gasteiger charge is 2.23. The second-order valence-electron chi connectivity index (χ2n) is 3.84. The number of carbonyl (C=O) groups is 1. The molecular formula is C12H18N2O. The van der Waals surface area contributed by atoms with E-state index >= 15 is 0 Å². The van der Waals surface area contributed by atoms with E-state index in [1.165, 1.54) is 0 Å². The minimum absolute atomic E-state index is 0.253. The number of amidine groups is 1. The van der Waals surface area contributed by atoms with E-state index in [-0.39, 0.29) is 5.92 Å². The molecule has 0 heterocycles. The molecule has 0 aromatic rings. The lowest BCUT2D eigenvalue weighted by molar-refractivity contribution is -0.112. The van der Waals surface area contributed by atoms with Gasteiger partial charge in [0.25, 0.3) is 0 Å². The molecule has 1 saturated carbocycles. The van der Waals surface area contributed by atoms with E-state index in [1.807, 2.05) is 0 Å². The first-order chi connectivity index (χ1) is 7.31. The first-order valence-corrected chi connectivity index (χ1v) is 5.38. The minimum atomic E-state index is 0.253. The Morgan fingerprint density at radius 3 is 2.47 bits per heavy atom. The molecule has 0 N–H and O–H groups in total. The Hall–Kier alpha value is -1.25. The summed E-state index contributed by atoms with van der Waals surface area (Å²) >= 11 is 0. The molecule has 82 valence electrons. The summed E-state index contributed by atoms with van der Waals surface area (Å²) in [4.78, 5) is 19.0. The summed E-state index contributed by atoms with van der Waals surface area (Å²) in [5.41, 5.74) is 0. The Morgan fingerprint density at radius 1 is 1.33 bits per heavy atom. The number of nitrogens with zero attached hydrogens (tertiary/aromatic N) is 2. The van der Waals surface area contributed by atoms with E-state index < -0.39 is 0 Å². The fourth-order valence-corrected chi connectivity index (χ4v) is 1.99. The molecule has 0 radical (unpaired) electrons. The Bertz CT molecular complexity index is 273. The molecule has 1 aliphatic carbocycles. The van der Waals surface area contributed by atoms with Crippen molar-refractivity contribution in [1.29, 1.82) is 0 Å². The van der Waals surface area contributed by atoms with E-state index in [2.05, 4.69) is 16.6 Å². The van der Waals surface area contributed by atoms with Crippen molar-refractivity contribution in [1.82, 2.24) is 0 Å². The van der Waals surface area contributed by atoms with Gasteiger partial charge in [-0.1, -0.05) is 12.7 Å². The van der Waals surface area contributed by atoms with Crippen LogP contribution in [-0.4, -0.2) is 25.4 Å². The third-order valence-corrected chi connectivity index (χ3v) is 2.87. The predicted octanol–water partition coefficient (Wildman–Crippen LogP) is 2.28. The van der Waals surface area contributed by atoms with Gasteiger partial charge in [0.2, 0.25) is 0 Å². The van der Waals surface area contributed by atoms with Crippen molar-refractivity contribution >= 4 is 18.3 Å². The van der Waals surface area contributed by atoms with Gasteiger partial charge >= 0.3 is 0 Å². The molecule has 0 aliphatic heterocycles. The third-order valence-electron chi connectivity index (χ3n) is 2.87. The van der Waals surface area contributed by atoms with Crippen LogP contribution in [-0.2, 0) is 4.79 Å². The molecule has 1 aliphatic rings. The maximum Gasteiger partial charge on any atom is 0.126 e. The summed E-state index contributed by atoms with van der Waals surface area (Å²) in [5, 5.41) is 0. The van der Waals surface area contributed by atoms with Crippen molar-refractivity contribution in [2.45, 2.75) is 25.7 Å². The van der Waals surface area contributed by atoms with Gasteiger partial charge in [-0.25, -0.2) is 4.99 Å². The van der Waals surface area contributed by atoms with Crippen LogP contribution in [0, 0.1) is 11.8 Å². The van der Waals surface area contributed by atoms with Gasteiger partial charge in [-0.3, -0.25) is 4.99 Å². The van der Waals surface area contributed by atoms with E-state index in [4.69, 9.17) is 0 Å². The van der Waals surface area contributed by atoms with Gasteiger partial charge in [0, 0.05) is 25.1 Å². The molecule has 0 unspecified atom stereocenters. The molecule has 0 aromatic carbocycles. The third kappa shape index (κ3) is 3.42. The van der Waals surface area contributed by atoms with Gasteiger partial charge < -0.3 is 4.79 Å². The topological polar surface area (TPSA) is 41.8 Å². The Labute approximate surface area is 91.0 Å². The molecule has 3 heteroatoms. The summed E-state index contributed by atoms with van der Waals surface area (Å²) < 4.78 is 0. The monoisotopic (exact) mass is 206 g/mol. The van der Waals surface area contributed by atoms with Gasteiger partial charge in [0.05, 0.1) is 0 Å². The van der Waals surface area contributed by atoms with Crippen LogP contribution in [0.5, 0.6) is 0 Å². The molecule has 1 rings (SSSR count). The molecule has 0 bridgehead atoms. The van der Waals surface area contributed by atoms with Gasteiger partial charge in [-0.15, -0.1) is 0 Å². The lowest BCUT2D eigenvalue weighted by Gasteiger charge is -2.24.